The number of thioether (sulfide) groups is 1. The molecular formula is C23H29N5O2S. The summed E-state index contributed by atoms with van der Waals surface area (Å²) in [6, 6.07) is 11.6. The van der Waals surface area contributed by atoms with Crippen molar-refractivity contribution in [1.29, 1.82) is 0 Å². The number of aromatic nitrogens is 1. The highest BCUT2D eigenvalue weighted by molar-refractivity contribution is 7.99. The quantitative estimate of drug-likeness (QED) is 0.776. The van der Waals surface area contributed by atoms with Gasteiger partial charge in [-0.15, -0.1) is 0 Å². The van der Waals surface area contributed by atoms with Gasteiger partial charge in [0.15, 0.2) is 0 Å². The number of hydrogen-bond donors (Lipinski definition) is 1. The molecule has 0 radical (unpaired) electrons. The van der Waals surface area contributed by atoms with E-state index in [-0.39, 0.29) is 11.9 Å². The Morgan fingerprint density at radius 3 is 2.19 bits per heavy atom. The van der Waals surface area contributed by atoms with Crippen molar-refractivity contribution < 1.29 is 9.59 Å². The van der Waals surface area contributed by atoms with Crippen molar-refractivity contribution in [2.24, 2.45) is 0 Å². The van der Waals surface area contributed by atoms with Crippen LogP contribution in [0.3, 0.4) is 0 Å². The first kappa shape index (κ1) is 21.6. The predicted octanol–water partition coefficient (Wildman–Crippen LogP) is 2.55. The van der Waals surface area contributed by atoms with E-state index in [1.165, 1.54) is 5.56 Å². The Morgan fingerprint density at radius 1 is 0.839 bits per heavy atom. The van der Waals surface area contributed by atoms with Crippen LogP contribution in [0.1, 0.15) is 11.1 Å². The minimum atomic E-state index is -0.0711. The van der Waals surface area contributed by atoms with Crippen LogP contribution in [0.5, 0.6) is 0 Å². The maximum atomic E-state index is 12.6. The van der Waals surface area contributed by atoms with Gasteiger partial charge in [0.05, 0.1) is 6.42 Å². The number of nitrogens with one attached hydrogen (secondary N) is 1. The van der Waals surface area contributed by atoms with Crippen molar-refractivity contribution in [3.8, 4) is 0 Å². The zero-order valence-electron chi connectivity index (χ0n) is 17.7. The fourth-order valence-electron chi connectivity index (χ4n) is 3.86. The molecule has 164 valence electrons. The molecule has 0 unspecified atom stereocenters. The predicted molar refractivity (Wildman–Crippen MR) is 124 cm³/mol. The Morgan fingerprint density at radius 2 is 1.52 bits per heavy atom. The van der Waals surface area contributed by atoms with Crippen LogP contribution in [-0.4, -0.2) is 82.4 Å². The zero-order valence-corrected chi connectivity index (χ0v) is 18.5. The minimum Gasteiger partial charge on any atom is -0.341 e. The smallest absolute Gasteiger partial charge is 0.321 e. The Balaban J connectivity index is 1.22. The molecule has 3 amide bonds. The number of carbonyl (C=O) groups excluding carboxylic acids is 2. The second-order valence-electron chi connectivity index (χ2n) is 7.92. The number of hydrogen-bond acceptors (Lipinski definition) is 5. The summed E-state index contributed by atoms with van der Waals surface area (Å²) in [5.41, 5.74) is 2.98. The molecule has 2 saturated heterocycles. The Hall–Kier alpha value is -2.58. The molecule has 1 aromatic carbocycles. The van der Waals surface area contributed by atoms with Crippen molar-refractivity contribution in [1.82, 2.24) is 19.7 Å². The lowest BCUT2D eigenvalue weighted by molar-refractivity contribution is -0.130. The molecule has 0 bridgehead atoms. The Bertz CT molecular complexity index is 863. The Kier molecular flexibility index (Phi) is 7.43. The fraction of sp³-hybridized carbons (Fsp3) is 0.435. The summed E-state index contributed by atoms with van der Waals surface area (Å²) in [6.07, 6.45) is 4.04. The lowest BCUT2D eigenvalue weighted by atomic mass is 10.1. The van der Waals surface area contributed by atoms with E-state index in [1.807, 2.05) is 70.4 Å². The molecule has 0 saturated carbocycles. The van der Waals surface area contributed by atoms with E-state index in [4.69, 9.17) is 0 Å². The largest absolute Gasteiger partial charge is 0.341 e. The van der Waals surface area contributed by atoms with E-state index in [1.54, 1.807) is 0 Å². The van der Waals surface area contributed by atoms with Gasteiger partial charge in [0.2, 0.25) is 5.91 Å². The highest BCUT2D eigenvalue weighted by Crippen LogP contribution is 2.15. The zero-order chi connectivity index (χ0) is 21.5. The molecule has 1 aromatic heterocycles. The number of anilines is 1. The first-order valence-electron chi connectivity index (χ1n) is 10.8. The van der Waals surface area contributed by atoms with Crippen molar-refractivity contribution in [3.63, 3.8) is 0 Å². The average molecular weight is 440 g/mol. The topological polar surface area (TPSA) is 68.8 Å². The van der Waals surface area contributed by atoms with Crippen molar-refractivity contribution in [2.75, 3.05) is 56.1 Å². The first-order chi connectivity index (χ1) is 15.2. The molecule has 2 aliphatic heterocycles. The molecule has 2 aliphatic rings. The molecule has 4 rings (SSSR count). The van der Waals surface area contributed by atoms with Crippen LogP contribution in [0.4, 0.5) is 10.5 Å². The summed E-state index contributed by atoms with van der Waals surface area (Å²) in [5, 5.41) is 2.98. The van der Waals surface area contributed by atoms with Crippen LogP contribution in [0.15, 0.2) is 48.8 Å². The first-order valence-corrected chi connectivity index (χ1v) is 11.9. The van der Waals surface area contributed by atoms with E-state index in [2.05, 4.69) is 15.2 Å². The number of urea groups is 1. The molecule has 7 nitrogen and oxygen atoms in total. The van der Waals surface area contributed by atoms with Crippen LogP contribution in [0.2, 0.25) is 0 Å². The molecule has 0 atom stereocenters. The third kappa shape index (κ3) is 6.21. The number of rotatable bonds is 5. The highest BCUT2D eigenvalue weighted by atomic mass is 32.2. The van der Waals surface area contributed by atoms with Gasteiger partial charge >= 0.3 is 6.03 Å². The monoisotopic (exact) mass is 439 g/mol. The van der Waals surface area contributed by atoms with E-state index in [9.17, 15) is 9.59 Å². The Labute approximate surface area is 187 Å². The van der Waals surface area contributed by atoms with Gasteiger partial charge in [-0.2, -0.15) is 11.8 Å². The average Bonchev–Trinajstić information content (AvgIpc) is 2.82. The number of piperazine rings is 1. The van der Waals surface area contributed by atoms with Crippen LogP contribution in [0.25, 0.3) is 0 Å². The fourth-order valence-corrected chi connectivity index (χ4v) is 4.77. The number of carbonyl (C=O) groups is 2. The maximum Gasteiger partial charge on any atom is 0.321 e. The summed E-state index contributed by atoms with van der Waals surface area (Å²) < 4.78 is 0. The number of amides is 3. The van der Waals surface area contributed by atoms with Crippen LogP contribution >= 0.6 is 11.8 Å². The summed E-state index contributed by atoms with van der Waals surface area (Å²) in [4.78, 5) is 35.2. The van der Waals surface area contributed by atoms with Crippen molar-refractivity contribution in [2.45, 2.75) is 13.0 Å². The number of nitrogens with zero attached hydrogens (tertiary/aromatic N) is 4. The summed E-state index contributed by atoms with van der Waals surface area (Å²) >= 11 is 1.90. The molecule has 0 spiro atoms. The highest BCUT2D eigenvalue weighted by Gasteiger charge is 2.21. The van der Waals surface area contributed by atoms with Gasteiger partial charge in [0.25, 0.3) is 0 Å². The number of pyridine rings is 1. The molecule has 2 fully saturated rings. The molecular weight excluding hydrogens is 410 g/mol. The van der Waals surface area contributed by atoms with Gasteiger partial charge in [0, 0.05) is 75.4 Å². The van der Waals surface area contributed by atoms with Gasteiger partial charge < -0.3 is 15.1 Å². The molecule has 31 heavy (non-hydrogen) atoms. The van der Waals surface area contributed by atoms with Crippen LogP contribution in [-0.2, 0) is 17.8 Å². The second kappa shape index (κ2) is 10.6. The van der Waals surface area contributed by atoms with Crippen molar-refractivity contribution in [3.05, 3.63) is 59.9 Å². The van der Waals surface area contributed by atoms with Gasteiger partial charge in [-0.25, -0.2) is 4.79 Å². The van der Waals surface area contributed by atoms with Crippen molar-refractivity contribution >= 4 is 29.4 Å². The van der Waals surface area contributed by atoms with E-state index in [0.29, 0.717) is 19.5 Å². The molecule has 3 heterocycles. The van der Waals surface area contributed by atoms with E-state index < -0.39 is 0 Å². The lowest BCUT2D eigenvalue weighted by Gasteiger charge is -2.34. The summed E-state index contributed by atoms with van der Waals surface area (Å²) in [7, 11) is 0. The standard InChI is InChI=1S/C23H29N5O2S/c29-22(27-13-15-31-16-14-27)17-19-1-3-21(4-2-19)25-23(30)28-11-9-26(10-12-28)18-20-5-7-24-8-6-20/h1-8H,9-18H2,(H,25,30). The molecule has 8 heteroatoms. The van der Waals surface area contributed by atoms with Crippen LogP contribution in [0, 0.1) is 0 Å². The number of benzene rings is 1. The molecule has 2 aromatic rings. The SMILES string of the molecule is O=C(Cc1ccc(NC(=O)N2CCN(Cc3ccncc3)CC2)cc1)N1CCSCC1. The van der Waals surface area contributed by atoms with E-state index >= 15 is 0 Å². The normalized spacial score (nSPS) is 17.4. The van der Waals surface area contributed by atoms with Gasteiger partial charge in [-0.1, -0.05) is 12.1 Å². The van der Waals surface area contributed by atoms with E-state index in [0.717, 1.165) is 55.5 Å². The van der Waals surface area contributed by atoms with Gasteiger partial charge in [-0.3, -0.25) is 14.7 Å². The van der Waals surface area contributed by atoms with Gasteiger partial charge in [0.1, 0.15) is 0 Å². The minimum absolute atomic E-state index is 0.0711. The third-order valence-electron chi connectivity index (χ3n) is 5.74. The second-order valence-corrected chi connectivity index (χ2v) is 9.14. The molecule has 1 N–H and O–H groups in total. The molecule has 0 aliphatic carbocycles. The van der Waals surface area contributed by atoms with Crippen LogP contribution < -0.4 is 5.32 Å². The summed E-state index contributed by atoms with van der Waals surface area (Å²) in [6.45, 7) is 5.68. The van der Waals surface area contributed by atoms with Gasteiger partial charge in [-0.05, 0) is 35.4 Å². The summed E-state index contributed by atoms with van der Waals surface area (Å²) in [5.74, 6) is 2.23. The maximum absolute atomic E-state index is 12.6. The lowest BCUT2D eigenvalue weighted by Crippen LogP contribution is -2.49. The third-order valence-corrected chi connectivity index (χ3v) is 6.68.